The fourth-order valence-electron chi connectivity index (χ4n) is 3.68. The van der Waals surface area contributed by atoms with Gasteiger partial charge in [0.05, 0.1) is 11.6 Å². The zero-order valence-corrected chi connectivity index (χ0v) is 14.8. The first-order valence-electron chi connectivity index (χ1n) is 8.99. The van der Waals surface area contributed by atoms with Crippen LogP contribution in [0.5, 0.6) is 0 Å². The number of carbonyl (C=O) groups is 1. The molecule has 0 saturated carbocycles. The van der Waals surface area contributed by atoms with Crippen molar-refractivity contribution in [1.29, 1.82) is 0 Å². The molecular weight excluding hydrogens is 302 g/mol. The molecule has 5 heteroatoms. The van der Waals surface area contributed by atoms with Gasteiger partial charge in [-0.15, -0.1) is 0 Å². The third kappa shape index (κ3) is 3.79. The van der Waals surface area contributed by atoms with Crippen LogP contribution in [0.3, 0.4) is 0 Å². The minimum atomic E-state index is -0.294. The zero-order valence-electron chi connectivity index (χ0n) is 14.8. The number of ether oxygens (including phenoxy) is 1. The smallest absolute Gasteiger partial charge is 0.237 e. The highest BCUT2D eigenvalue weighted by molar-refractivity contribution is 5.82. The summed E-state index contributed by atoms with van der Waals surface area (Å²) in [4.78, 5) is 17.6. The first-order chi connectivity index (χ1) is 11.6. The molecule has 1 amide bonds. The van der Waals surface area contributed by atoms with Crippen LogP contribution in [0.1, 0.15) is 25.3 Å². The molecule has 3 rings (SSSR count). The SMILES string of the molecule is CC(C(=O)NC1(c2ccccc2)CCOCC1)N1CCN(C)CC1. The number of amides is 1. The minimum Gasteiger partial charge on any atom is -0.381 e. The number of hydrogen-bond donors (Lipinski definition) is 1. The van der Waals surface area contributed by atoms with Gasteiger partial charge in [-0.25, -0.2) is 0 Å². The number of carbonyl (C=O) groups excluding carboxylic acids is 1. The van der Waals surface area contributed by atoms with E-state index < -0.39 is 0 Å². The van der Waals surface area contributed by atoms with Crippen LogP contribution in [-0.4, -0.2) is 68.2 Å². The lowest BCUT2D eigenvalue weighted by Gasteiger charge is -2.41. The van der Waals surface area contributed by atoms with E-state index in [9.17, 15) is 4.79 Å². The predicted octanol–water partition coefficient (Wildman–Crippen LogP) is 1.44. The Morgan fingerprint density at radius 2 is 1.75 bits per heavy atom. The first kappa shape index (κ1) is 17.4. The van der Waals surface area contributed by atoms with Crippen LogP contribution in [0.25, 0.3) is 0 Å². The molecule has 132 valence electrons. The molecule has 1 aromatic carbocycles. The Balaban J connectivity index is 1.71. The van der Waals surface area contributed by atoms with E-state index in [1.165, 1.54) is 5.56 Å². The average Bonchev–Trinajstić information content (AvgIpc) is 2.63. The van der Waals surface area contributed by atoms with Gasteiger partial charge in [0.25, 0.3) is 0 Å². The number of piperazine rings is 1. The van der Waals surface area contributed by atoms with Gasteiger partial charge in [0.15, 0.2) is 0 Å². The van der Waals surface area contributed by atoms with E-state index in [4.69, 9.17) is 4.74 Å². The Hall–Kier alpha value is -1.43. The van der Waals surface area contributed by atoms with Gasteiger partial charge in [-0.05, 0) is 32.4 Å². The largest absolute Gasteiger partial charge is 0.381 e. The summed E-state index contributed by atoms with van der Waals surface area (Å²) in [5.41, 5.74) is 0.893. The highest BCUT2D eigenvalue weighted by Crippen LogP contribution is 2.32. The third-order valence-electron chi connectivity index (χ3n) is 5.50. The number of nitrogens with zero attached hydrogens (tertiary/aromatic N) is 2. The molecule has 2 fully saturated rings. The lowest BCUT2D eigenvalue weighted by molar-refractivity contribution is -0.130. The standard InChI is InChI=1S/C19H29N3O2/c1-16(22-12-10-21(2)11-13-22)18(23)20-19(8-14-24-15-9-19)17-6-4-3-5-7-17/h3-7,16H,8-15H2,1-2H3,(H,20,23). The molecular formula is C19H29N3O2. The molecule has 2 aliphatic rings. The summed E-state index contributed by atoms with van der Waals surface area (Å²) >= 11 is 0. The van der Waals surface area contributed by atoms with Crippen LogP contribution in [-0.2, 0) is 15.1 Å². The van der Waals surface area contributed by atoms with Gasteiger partial charge < -0.3 is 15.0 Å². The second kappa shape index (κ2) is 7.64. The Bertz CT molecular complexity index is 535. The molecule has 0 aromatic heterocycles. The van der Waals surface area contributed by atoms with Gasteiger partial charge in [0.1, 0.15) is 0 Å². The van der Waals surface area contributed by atoms with E-state index in [2.05, 4.69) is 34.3 Å². The summed E-state index contributed by atoms with van der Waals surface area (Å²) in [6, 6.07) is 10.2. The van der Waals surface area contributed by atoms with Crippen molar-refractivity contribution in [3.63, 3.8) is 0 Å². The Morgan fingerprint density at radius 1 is 1.12 bits per heavy atom. The molecule has 0 radical (unpaired) electrons. The van der Waals surface area contributed by atoms with Crippen molar-refractivity contribution >= 4 is 5.91 Å². The van der Waals surface area contributed by atoms with Crippen LogP contribution in [0.2, 0.25) is 0 Å². The molecule has 1 N–H and O–H groups in total. The molecule has 2 heterocycles. The van der Waals surface area contributed by atoms with Crippen LogP contribution in [0.4, 0.5) is 0 Å². The van der Waals surface area contributed by atoms with Crippen LogP contribution >= 0.6 is 0 Å². The number of benzene rings is 1. The third-order valence-corrected chi connectivity index (χ3v) is 5.50. The summed E-state index contributed by atoms with van der Waals surface area (Å²) in [5, 5.41) is 3.38. The number of nitrogens with one attached hydrogen (secondary N) is 1. The monoisotopic (exact) mass is 331 g/mol. The van der Waals surface area contributed by atoms with E-state index in [-0.39, 0.29) is 17.5 Å². The van der Waals surface area contributed by atoms with Crippen molar-refractivity contribution in [2.24, 2.45) is 0 Å². The van der Waals surface area contributed by atoms with Crippen molar-refractivity contribution in [2.75, 3.05) is 46.4 Å². The number of hydrogen-bond acceptors (Lipinski definition) is 4. The van der Waals surface area contributed by atoms with Crippen molar-refractivity contribution in [2.45, 2.75) is 31.3 Å². The van der Waals surface area contributed by atoms with Crippen molar-refractivity contribution in [3.05, 3.63) is 35.9 Å². The zero-order chi connectivity index (χ0) is 17.0. The Morgan fingerprint density at radius 3 is 2.38 bits per heavy atom. The van der Waals surface area contributed by atoms with E-state index >= 15 is 0 Å². The Kier molecular flexibility index (Phi) is 5.54. The first-order valence-corrected chi connectivity index (χ1v) is 8.99. The van der Waals surface area contributed by atoms with Crippen molar-refractivity contribution in [1.82, 2.24) is 15.1 Å². The number of rotatable bonds is 4. The molecule has 2 aliphatic heterocycles. The highest BCUT2D eigenvalue weighted by Gasteiger charge is 2.37. The summed E-state index contributed by atoms with van der Waals surface area (Å²) in [6.07, 6.45) is 1.66. The second-order valence-corrected chi connectivity index (χ2v) is 7.06. The topological polar surface area (TPSA) is 44.8 Å². The van der Waals surface area contributed by atoms with E-state index in [1.54, 1.807) is 0 Å². The molecule has 1 atom stereocenters. The van der Waals surface area contributed by atoms with Crippen LogP contribution < -0.4 is 5.32 Å². The summed E-state index contributed by atoms with van der Waals surface area (Å²) < 4.78 is 5.55. The van der Waals surface area contributed by atoms with Gasteiger partial charge >= 0.3 is 0 Å². The maximum atomic E-state index is 13.0. The normalized spacial score (nSPS) is 23.6. The summed E-state index contributed by atoms with van der Waals surface area (Å²) in [5.74, 6) is 0.130. The van der Waals surface area contributed by atoms with Crippen molar-refractivity contribution in [3.8, 4) is 0 Å². The van der Waals surface area contributed by atoms with Crippen LogP contribution in [0, 0.1) is 0 Å². The average molecular weight is 331 g/mol. The van der Waals surface area contributed by atoms with E-state index in [0.29, 0.717) is 13.2 Å². The molecule has 24 heavy (non-hydrogen) atoms. The van der Waals surface area contributed by atoms with Gasteiger partial charge in [0, 0.05) is 39.4 Å². The highest BCUT2D eigenvalue weighted by atomic mass is 16.5. The maximum Gasteiger partial charge on any atom is 0.237 e. The van der Waals surface area contributed by atoms with Crippen LogP contribution in [0.15, 0.2) is 30.3 Å². The maximum absolute atomic E-state index is 13.0. The molecule has 2 saturated heterocycles. The van der Waals surface area contributed by atoms with Gasteiger partial charge in [-0.1, -0.05) is 30.3 Å². The van der Waals surface area contributed by atoms with Gasteiger partial charge in [-0.3, -0.25) is 9.69 Å². The Labute approximate surface area is 145 Å². The molecule has 0 bridgehead atoms. The van der Waals surface area contributed by atoms with Gasteiger partial charge in [0.2, 0.25) is 5.91 Å². The predicted molar refractivity (Wildman–Crippen MR) is 94.8 cm³/mol. The molecule has 1 aromatic rings. The molecule has 0 aliphatic carbocycles. The quantitative estimate of drug-likeness (QED) is 0.907. The molecule has 5 nitrogen and oxygen atoms in total. The fourth-order valence-corrected chi connectivity index (χ4v) is 3.68. The summed E-state index contributed by atoms with van der Waals surface area (Å²) in [6.45, 7) is 7.36. The fraction of sp³-hybridized carbons (Fsp3) is 0.632. The number of likely N-dealkylation sites (N-methyl/N-ethyl adjacent to an activating group) is 1. The second-order valence-electron chi connectivity index (χ2n) is 7.06. The minimum absolute atomic E-state index is 0.0952. The summed E-state index contributed by atoms with van der Waals surface area (Å²) in [7, 11) is 2.13. The molecule has 0 spiro atoms. The van der Waals surface area contributed by atoms with E-state index in [0.717, 1.165) is 39.0 Å². The van der Waals surface area contributed by atoms with Crippen molar-refractivity contribution < 1.29 is 9.53 Å². The lowest BCUT2D eigenvalue weighted by Crippen LogP contribution is -2.57. The van der Waals surface area contributed by atoms with E-state index in [1.807, 2.05) is 25.1 Å². The van der Waals surface area contributed by atoms with Gasteiger partial charge in [-0.2, -0.15) is 0 Å². The molecule has 1 unspecified atom stereocenters. The lowest BCUT2D eigenvalue weighted by atomic mass is 9.82.